The summed E-state index contributed by atoms with van der Waals surface area (Å²) in [6.45, 7) is 5.47. The lowest BCUT2D eigenvalue weighted by Crippen LogP contribution is -2.46. The maximum absolute atomic E-state index is 12.5. The molecule has 0 unspecified atom stereocenters. The molecule has 170 valence electrons. The zero-order chi connectivity index (χ0) is 22.7. The van der Waals surface area contributed by atoms with Crippen molar-refractivity contribution in [1.29, 1.82) is 0 Å². The summed E-state index contributed by atoms with van der Waals surface area (Å²) in [7, 11) is 0. The van der Waals surface area contributed by atoms with Gasteiger partial charge in [0, 0.05) is 32.0 Å². The summed E-state index contributed by atoms with van der Waals surface area (Å²) in [5, 5.41) is 4.00. The molecule has 0 bridgehead atoms. The second kappa shape index (κ2) is 8.97. The van der Waals surface area contributed by atoms with E-state index in [2.05, 4.69) is 10.1 Å². The predicted octanol–water partition coefficient (Wildman–Crippen LogP) is 2.30. The zero-order valence-electron chi connectivity index (χ0n) is 18.3. The maximum atomic E-state index is 12.5. The van der Waals surface area contributed by atoms with Crippen LogP contribution in [0.3, 0.4) is 0 Å². The molecule has 2 fully saturated rings. The molecule has 0 spiro atoms. The molecule has 10 heteroatoms. The van der Waals surface area contributed by atoms with E-state index in [4.69, 9.17) is 9.57 Å². The Morgan fingerprint density at radius 1 is 1.16 bits per heavy atom. The molecular weight excluding hydrogens is 414 g/mol. The van der Waals surface area contributed by atoms with Crippen LogP contribution in [0, 0.1) is 11.3 Å². The first-order valence-electron chi connectivity index (χ1n) is 10.7. The number of carbonyl (C=O) groups excluding carboxylic acids is 3. The number of pyridine rings is 1. The van der Waals surface area contributed by atoms with Gasteiger partial charge >= 0.3 is 6.09 Å². The van der Waals surface area contributed by atoms with Crippen molar-refractivity contribution in [3.63, 3.8) is 0 Å². The molecular formula is C22H27N5O5. The van der Waals surface area contributed by atoms with E-state index in [9.17, 15) is 14.4 Å². The molecule has 32 heavy (non-hydrogen) atoms. The summed E-state index contributed by atoms with van der Waals surface area (Å²) in [6, 6.07) is 4.86. The van der Waals surface area contributed by atoms with Gasteiger partial charge in [-0.3, -0.25) is 9.59 Å². The number of hydrogen-bond acceptors (Lipinski definition) is 7. The van der Waals surface area contributed by atoms with Gasteiger partial charge in [0.2, 0.25) is 17.7 Å². The van der Waals surface area contributed by atoms with Crippen molar-refractivity contribution in [2.75, 3.05) is 24.6 Å². The Labute approximate surface area is 186 Å². The van der Waals surface area contributed by atoms with E-state index in [0.717, 1.165) is 17.7 Å². The molecule has 2 aliphatic heterocycles. The van der Waals surface area contributed by atoms with Crippen molar-refractivity contribution in [1.82, 2.24) is 19.8 Å². The number of anilines is 1. The fourth-order valence-corrected chi connectivity index (χ4v) is 3.98. The Bertz CT molecular complexity index is 945. The highest BCUT2D eigenvalue weighted by molar-refractivity contribution is 6.16. The summed E-state index contributed by atoms with van der Waals surface area (Å²) in [6.07, 6.45) is 6.50. The highest BCUT2D eigenvalue weighted by Gasteiger charge is 2.38. The first kappa shape index (κ1) is 21.8. The van der Waals surface area contributed by atoms with E-state index in [0.29, 0.717) is 44.1 Å². The monoisotopic (exact) mass is 441 g/mol. The van der Waals surface area contributed by atoms with Gasteiger partial charge in [0.25, 0.3) is 0 Å². The van der Waals surface area contributed by atoms with Gasteiger partial charge in [0.1, 0.15) is 6.61 Å². The van der Waals surface area contributed by atoms with E-state index >= 15 is 0 Å². The van der Waals surface area contributed by atoms with Crippen molar-refractivity contribution in [3.05, 3.63) is 36.8 Å². The summed E-state index contributed by atoms with van der Waals surface area (Å²) in [5.41, 5.74) is 0.0417. The first-order valence-corrected chi connectivity index (χ1v) is 10.7. The quantitative estimate of drug-likeness (QED) is 0.655. The van der Waals surface area contributed by atoms with Crippen LogP contribution in [0.15, 0.2) is 36.8 Å². The van der Waals surface area contributed by atoms with Gasteiger partial charge in [-0.2, -0.15) is 0 Å². The number of aromatic nitrogens is 3. The number of piperidine rings is 2. The summed E-state index contributed by atoms with van der Waals surface area (Å²) in [4.78, 5) is 51.2. The van der Waals surface area contributed by atoms with Crippen LogP contribution in [-0.4, -0.2) is 57.4 Å². The number of imide groups is 1. The SMILES string of the molecule is CC1(C)CC(=O)N(c2ccc(OC(=O)N3CCC(COn4cccn4)CC3)nc2)C(=O)C1. The standard InChI is InChI=1S/C22H27N5O5/c1-22(2)12-19(28)27(20(29)13-22)17-4-5-18(23-14-17)32-21(30)25-10-6-16(7-11-25)15-31-26-9-3-8-24-26/h3-5,8-9,14,16H,6-7,10-13,15H2,1-2H3. The number of amides is 3. The highest BCUT2D eigenvalue weighted by Crippen LogP contribution is 2.34. The van der Waals surface area contributed by atoms with Crippen LogP contribution in [-0.2, 0) is 9.59 Å². The van der Waals surface area contributed by atoms with Crippen LogP contribution in [0.4, 0.5) is 10.5 Å². The van der Waals surface area contributed by atoms with Gasteiger partial charge in [0.05, 0.1) is 24.3 Å². The summed E-state index contributed by atoms with van der Waals surface area (Å²) in [5.74, 6) is -0.0419. The van der Waals surface area contributed by atoms with Gasteiger partial charge in [-0.05, 0) is 36.3 Å². The topological polar surface area (TPSA) is 107 Å². The molecule has 0 radical (unpaired) electrons. The lowest BCUT2D eigenvalue weighted by molar-refractivity contribution is -0.132. The van der Waals surface area contributed by atoms with Gasteiger partial charge in [-0.1, -0.05) is 13.8 Å². The molecule has 0 atom stereocenters. The number of carbonyl (C=O) groups is 3. The fourth-order valence-electron chi connectivity index (χ4n) is 3.98. The van der Waals surface area contributed by atoms with Crippen LogP contribution in [0.1, 0.15) is 39.5 Å². The minimum Gasteiger partial charge on any atom is -0.396 e. The van der Waals surface area contributed by atoms with Crippen LogP contribution in [0.25, 0.3) is 0 Å². The lowest BCUT2D eigenvalue weighted by Gasteiger charge is -2.34. The molecule has 3 amide bonds. The molecule has 0 aromatic carbocycles. The Balaban J connectivity index is 1.27. The van der Waals surface area contributed by atoms with E-state index in [1.54, 1.807) is 29.4 Å². The van der Waals surface area contributed by atoms with Crippen LogP contribution in [0.5, 0.6) is 5.88 Å². The smallest absolute Gasteiger partial charge is 0.396 e. The normalized spacial score (nSPS) is 19.2. The first-order chi connectivity index (χ1) is 15.3. The number of likely N-dealkylation sites (tertiary alicyclic amines) is 1. The van der Waals surface area contributed by atoms with Crippen molar-refractivity contribution in [3.8, 4) is 5.88 Å². The predicted molar refractivity (Wildman–Crippen MR) is 114 cm³/mol. The third-order valence-corrected chi connectivity index (χ3v) is 5.72. The second-order valence-corrected chi connectivity index (χ2v) is 9.00. The number of nitrogens with zero attached hydrogens (tertiary/aromatic N) is 5. The molecule has 0 aliphatic carbocycles. The molecule has 2 saturated heterocycles. The highest BCUT2D eigenvalue weighted by atomic mass is 16.7. The van der Waals surface area contributed by atoms with Crippen molar-refractivity contribution >= 4 is 23.6 Å². The lowest BCUT2D eigenvalue weighted by atomic mass is 9.81. The minimum absolute atomic E-state index is 0.125. The number of rotatable bonds is 5. The molecule has 0 N–H and O–H groups in total. The number of ether oxygens (including phenoxy) is 1. The zero-order valence-corrected chi connectivity index (χ0v) is 18.3. The molecule has 4 heterocycles. The average Bonchev–Trinajstić information content (AvgIpc) is 3.26. The van der Waals surface area contributed by atoms with Gasteiger partial charge < -0.3 is 14.5 Å². The fraction of sp³-hybridized carbons (Fsp3) is 0.500. The molecule has 2 aromatic rings. The maximum Gasteiger partial charge on any atom is 0.416 e. The Morgan fingerprint density at radius 2 is 1.88 bits per heavy atom. The van der Waals surface area contributed by atoms with Crippen LogP contribution < -0.4 is 14.5 Å². The van der Waals surface area contributed by atoms with Gasteiger partial charge in [0.15, 0.2) is 0 Å². The molecule has 4 rings (SSSR count). The van der Waals surface area contributed by atoms with Crippen molar-refractivity contribution in [2.24, 2.45) is 11.3 Å². The molecule has 10 nitrogen and oxygen atoms in total. The van der Waals surface area contributed by atoms with Crippen molar-refractivity contribution < 1.29 is 24.0 Å². The van der Waals surface area contributed by atoms with E-state index in [-0.39, 0.29) is 23.1 Å². The molecule has 2 aromatic heterocycles. The second-order valence-electron chi connectivity index (χ2n) is 9.00. The van der Waals surface area contributed by atoms with E-state index in [1.807, 2.05) is 13.8 Å². The average molecular weight is 441 g/mol. The van der Waals surface area contributed by atoms with Crippen molar-refractivity contribution in [2.45, 2.75) is 39.5 Å². The third-order valence-electron chi connectivity index (χ3n) is 5.72. The third kappa shape index (κ3) is 5.06. The Kier molecular flexibility index (Phi) is 6.11. The Morgan fingerprint density at radius 3 is 2.47 bits per heavy atom. The molecule has 0 saturated carbocycles. The Hall–Kier alpha value is -3.43. The van der Waals surface area contributed by atoms with E-state index in [1.165, 1.54) is 17.1 Å². The van der Waals surface area contributed by atoms with Gasteiger partial charge in [-0.25, -0.2) is 14.7 Å². The largest absolute Gasteiger partial charge is 0.416 e. The minimum atomic E-state index is -0.469. The van der Waals surface area contributed by atoms with Gasteiger partial charge in [-0.15, -0.1) is 9.94 Å². The number of hydrogen-bond donors (Lipinski definition) is 0. The van der Waals surface area contributed by atoms with Crippen LogP contribution >= 0.6 is 0 Å². The summed E-state index contributed by atoms with van der Waals surface area (Å²) >= 11 is 0. The van der Waals surface area contributed by atoms with Crippen LogP contribution in [0.2, 0.25) is 0 Å². The summed E-state index contributed by atoms with van der Waals surface area (Å²) < 4.78 is 5.38. The molecule has 2 aliphatic rings. The van der Waals surface area contributed by atoms with E-state index < -0.39 is 6.09 Å².